The van der Waals surface area contributed by atoms with Crippen LogP contribution in [0.5, 0.6) is 0 Å². The summed E-state index contributed by atoms with van der Waals surface area (Å²) in [6.45, 7) is 1.76. The van der Waals surface area contributed by atoms with E-state index in [1.54, 1.807) is 0 Å². The molecule has 0 heterocycles. The maximum absolute atomic E-state index is 9.07. The van der Waals surface area contributed by atoms with E-state index in [-0.39, 0.29) is 13.2 Å². The number of allylic oxidation sites excluding steroid dienone is 1. The van der Waals surface area contributed by atoms with Crippen LogP contribution in [0.3, 0.4) is 0 Å². The summed E-state index contributed by atoms with van der Waals surface area (Å²) in [6.07, 6.45) is 7.68. The van der Waals surface area contributed by atoms with Crippen LogP contribution < -0.4 is 5.32 Å². The fraction of sp³-hybridized carbons (Fsp3) is 0.800. The summed E-state index contributed by atoms with van der Waals surface area (Å²) in [7, 11) is 0. The average molecular weight is 185 g/mol. The van der Waals surface area contributed by atoms with Gasteiger partial charge < -0.3 is 15.5 Å². The summed E-state index contributed by atoms with van der Waals surface area (Å²) in [4.78, 5) is 0. The Morgan fingerprint density at radius 1 is 1.46 bits per heavy atom. The molecule has 1 unspecified atom stereocenters. The highest BCUT2D eigenvalue weighted by molar-refractivity contribution is 5.00. The van der Waals surface area contributed by atoms with Crippen LogP contribution in [0.4, 0.5) is 0 Å². The third-order valence-electron chi connectivity index (χ3n) is 2.49. The third kappa shape index (κ3) is 3.10. The minimum atomic E-state index is -0.549. The lowest BCUT2D eigenvalue weighted by Crippen LogP contribution is -2.53. The molecule has 0 aromatic heterocycles. The van der Waals surface area contributed by atoms with Crippen molar-refractivity contribution in [3.63, 3.8) is 0 Å². The summed E-state index contributed by atoms with van der Waals surface area (Å²) in [5, 5.41) is 21.4. The van der Waals surface area contributed by atoms with Crippen LogP contribution in [0.1, 0.15) is 26.2 Å². The van der Waals surface area contributed by atoms with Crippen molar-refractivity contribution in [2.75, 3.05) is 13.2 Å². The molecule has 0 saturated carbocycles. The maximum Gasteiger partial charge on any atom is 0.0633 e. The molecule has 3 nitrogen and oxygen atoms in total. The van der Waals surface area contributed by atoms with Gasteiger partial charge in [0, 0.05) is 6.04 Å². The molecule has 0 aliphatic heterocycles. The highest BCUT2D eigenvalue weighted by Crippen LogP contribution is 2.13. The van der Waals surface area contributed by atoms with Crippen molar-refractivity contribution in [3.8, 4) is 0 Å². The van der Waals surface area contributed by atoms with E-state index in [0.29, 0.717) is 6.04 Å². The molecule has 1 aliphatic carbocycles. The van der Waals surface area contributed by atoms with Crippen molar-refractivity contribution in [1.82, 2.24) is 5.32 Å². The van der Waals surface area contributed by atoms with E-state index in [0.717, 1.165) is 12.8 Å². The number of aliphatic hydroxyl groups excluding tert-OH is 2. The van der Waals surface area contributed by atoms with Crippen LogP contribution >= 0.6 is 0 Å². The Kier molecular flexibility index (Phi) is 3.90. The molecule has 0 saturated heterocycles. The van der Waals surface area contributed by atoms with Crippen molar-refractivity contribution in [3.05, 3.63) is 12.2 Å². The zero-order valence-electron chi connectivity index (χ0n) is 8.16. The first-order valence-electron chi connectivity index (χ1n) is 4.86. The first kappa shape index (κ1) is 10.7. The summed E-state index contributed by atoms with van der Waals surface area (Å²) in [5.74, 6) is 0. The van der Waals surface area contributed by atoms with E-state index in [9.17, 15) is 0 Å². The van der Waals surface area contributed by atoms with Gasteiger partial charge in [0.1, 0.15) is 0 Å². The van der Waals surface area contributed by atoms with Crippen molar-refractivity contribution in [1.29, 1.82) is 0 Å². The molecule has 1 rings (SSSR count). The minimum Gasteiger partial charge on any atom is -0.394 e. The van der Waals surface area contributed by atoms with E-state index >= 15 is 0 Å². The monoisotopic (exact) mass is 185 g/mol. The molecule has 3 heteroatoms. The third-order valence-corrected chi connectivity index (χ3v) is 2.49. The van der Waals surface area contributed by atoms with Gasteiger partial charge in [0.15, 0.2) is 0 Å². The van der Waals surface area contributed by atoms with E-state index < -0.39 is 5.54 Å². The second-order valence-corrected chi connectivity index (χ2v) is 3.99. The molecule has 3 N–H and O–H groups in total. The lowest BCUT2D eigenvalue weighted by Gasteiger charge is -2.31. The number of hydrogen-bond donors (Lipinski definition) is 3. The number of rotatable bonds is 4. The molecule has 0 radical (unpaired) electrons. The highest BCUT2D eigenvalue weighted by Gasteiger charge is 2.24. The number of hydrogen-bond acceptors (Lipinski definition) is 3. The van der Waals surface area contributed by atoms with Gasteiger partial charge in [-0.1, -0.05) is 12.2 Å². The van der Waals surface area contributed by atoms with Crippen molar-refractivity contribution < 1.29 is 10.2 Å². The molecule has 13 heavy (non-hydrogen) atoms. The molecule has 0 fully saturated rings. The lowest BCUT2D eigenvalue weighted by atomic mass is 9.98. The molecular formula is C10H19NO2. The molecule has 1 aliphatic rings. The highest BCUT2D eigenvalue weighted by atomic mass is 16.3. The summed E-state index contributed by atoms with van der Waals surface area (Å²) in [6, 6.07) is 0.304. The van der Waals surface area contributed by atoms with Crippen LogP contribution in [0.25, 0.3) is 0 Å². The topological polar surface area (TPSA) is 52.5 Å². The Labute approximate surface area is 79.5 Å². The fourth-order valence-corrected chi connectivity index (χ4v) is 1.52. The molecule has 0 aromatic rings. The van der Waals surface area contributed by atoms with Crippen molar-refractivity contribution in [2.45, 2.75) is 37.8 Å². The second-order valence-electron chi connectivity index (χ2n) is 3.99. The minimum absolute atomic E-state index is 0.0339. The number of nitrogens with one attached hydrogen (secondary N) is 1. The molecular weight excluding hydrogens is 166 g/mol. The SMILES string of the molecule is CC(CO)(CO)NC1C=CCCC1. The van der Waals surface area contributed by atoms with Crippen LogP contribution in [0.15, 0.2) is 12.2 Å². The Hall–Kier alpha value is -0.380. The Morgan fingerprint density at radius 3 is 2.62 bits per heavy atom. The smallest absolute Gasteiger partial charge is 0.0633 e. The Balaban J connectivity index is 2.45. The quantitative estimate of drug-likeness (QED) is 0.557. The summed E-state index contributed by atoms with van der Waals surface area (Å²) < 4.78 is 0. The molecule has 0 aromatic carbocycles. The molecule has 76 valence electrons. The predicted octanol–water partition coefficient (Wildman–Crippen LogP) is 0.428. The molecule has 1 atom stereocenters. The summed E-state index contributed by atoms with van der Waals surface area (Å²) >= 11 is 0. The van der Waals surface area contributed by atoms with Gasteiger partial charge >= 0.3 is 0 Å². The fourth-order valence-electron chi connectivity index (χ4n) is 1.52. The zero-order valence-corrected chi connectivity index (χ0v) is 8.16. The van der Waals surface area contributed by atoms with Crippen molar-refractivity contribution >= 4 is 0 Å². The standard InChI is InChI=1S/C10H19NO2/c1-10(7-12,8-13)11-9-5-3-2-4-6-9/h3,5,9,11-13H,2,4,6-8H2,1H3. The first-order chi connectivity index (χ1) is 6.20. The van der Waals surface area contributed by atoms with Gasteiger partial charge in [-0.05, 0) is 26.2 Å². The first-order valence-corrected chi connectivity index (χ1v) is 4.86. The van der Waals surface area contributed by atoms with Crippen molar-refractivity contribution in [2.24, 2.45) is 0 Å². The Morgan fingerprint density at radius 2 is 2.15 bits per heavy atom. The van der Waals surface area contributed by atoms with Crippen LogP contribution in [-0.4, -0.2) is 35.0 Å². The molecule has 0 spiro atoms. The number of aliphatic hydroxyl groups is 2. The van der Waals surface area contributed by atoms with Gasteiger partial charge in [-0.2, -0.15) is 0 Å². The van der Waals surface area contributed by atoms with Gasteiger partial charge in [-0.25, -0.2) is 0 Å². The van der Waals surface area contributed by atoms with E-state index in [1.807, 2.05) is 6.92 Å². The van der Waals surface area contributed by atoms with Gasteiger partial charge in [-0.15, -0.1) is 0 Å². The lowest BCUT2D eigenvalue weighted by molar-refractivity contribution is 0.0970. The largest absolute Gasteiger partial charge is 0.394 e. The van der Waals surface area contributed by atoms with E-state index in [4.69, 9.17) is 10.2 Å². The normalized spacial score (nSPS) is 23.5. The van der Waals surface area contributed by atoms with E-state index in [1.165, 1.54) is 6.42 Å². The van der Waals surface area contributed by atoms with Crippen LogP contribution in [-0.2, 0) is 0 Å². The van der Waals surface area contributed by atoms with Crippen LogP contribution in [0, 0.1) is 0 Å². The molecule has 0 bridgehead atoms. The summed E-state index contributed by atoms with van der Waals surface area (Å²) in [5.41, 5.74) is -0.549. The second kappa shape index (κ2) is 4.74. The van der Waals surface area contributed by atoms with Gasteiger partial charge in [0.25, 0.3) is 0 Å². The van der Waals surface area contributed by atoms with Gasteiger partial charge in [0.05, 0.1) is 18.8 Å². The Bertz CT molecular complexity index is 176. The van der Waals surface area contributed by atoms with Crippen LogP contribution in [0.2, 0.25) is 0 Å². The predicted molar refractivity (Wildman–Crippen MR) is 52.5 cm³/mol. The molecule has 0 amide bonds. The maximum atomic E-state index is 9.07. The average Bonchev–Trinajstić information content (AvgIpc) is 2.19. The van der Waals surface area contributed by atoms with Gasteiger partial charge in [0.2, 0.25) is 0 Å². The van der Waals surface area contributed by atoms with Gasteiger partial charge in [-0.3, -0.25) is 0 Å². The van der Waals surface area contributed by atoms with E-state index in [2.05, 4.69) is 17.5 Å². The zero-order chi connectivity index (χ0) is 9.73.